The lowest BCUT2D eigenvalue weighted by Gasteiger charge is -2.32. The highest BCUT2D eigenvalue weighted by Crippen LogP contribution is 2.22. The van der Waals surface area contributed by atoms with Crippen LogP contribution in [-0.2, 0) is 13.0 Å². The van der Waals surface area contributed by atoms with Crippen molar-refractivity contribution in [3.8, 4) is 0 Å². The third-order valence-electron chi connectivity index (χ3n) is 3.54. The van der Waals surface area contributed by atoms with Crippen LogP contribution in [0, 0.1) is 5.92 Å². The summed E-state index contributed by atoms with van der Waals surface area (Å²) in [7, 11) is 2.06. The van der Waals surface area contributed by atoms with Gasteiger partial charge in [0, 0.05) is 22.8 Å². The van der Waals surface area contributed by atoms with Crippen LogP contribution in [0.3, 0.4) is 0 Å². The molecule has 1 N–H and O–H groups in total. The van der Waals surface area contributed by atoms with Gasteiger partial charge in [0.2, 0.25) is 0 Å². The summed E-state index contributed by atoms with van der Waals surface area (Å²) < 4.78 is 0. The van der Waals surface area contributed by atoms with Crippen LogP contribution < -0.4 is 5.32 Å². The molecule has 1 aromatic heterocycles. The Balaban J connectivity index is 1.85. The molecule has 17 heavy (non-hydrogen) atoms. The molecule has 0 saturated carbocycles. The predicted molar refractivity (Wildman–Crippen MR) is 75.6 cm³/mol. The highest BCUT2D eigenvalue weighted by Gasteiger charge is 2.19. The Morgan fingerprint density at radius 3 is 2.94 bits per heavy atom. The first-order chi connectivity index (χ1) is 8.31. The number of nitrogens with zero attached hydrogens (tertiary/aromatic N) is 1. The molecule has 1 atom stereocenters. The van der Waals surface area contributed by atoms with Crippen LogP contribution in [0.25, 0.3) is 0 Å². The van der Waals surface area contributed by atoms with Gasteiger partial charge in [-0.15, -0.1) is 11.3 Å². The summed E-state index contributed by atoms with van der Waals surface area (Å²) in [6, 6.07) is 4.60. The van der Waals surface area contributed by atoms with E-state index in [2.05, 4.69) is 36.3 Å². The van der Waals surface area contributed by atoms with Gasteiger partial charge in [-0.25, -0.2) is 0 Å². The third-order valence-corrected chi connectivity index (χ3v) is 4.76. The number of rotatable bonds is 5. The van der Waals surface area contributed by atoms with Crippen molar-refractivity contribution in [2.24, 2.45) is 5.92 Å². The summed E-state index contributed by atoms with van der Waals surface area (Å²) in [5.74, 6) is 0.847. The molecular formula is C14H24N2S. The van der Waals surface area contributed by atoms with E-state index in [9.17, 15) is 0 Å². The van der Waals surface area contributed by atoms with Gasteiger partial charge in [-0.3, -0.25) is 4.90 Å². The van der Waals surface area contributed by atoms with Gasteiger partial charge in [0.25, 0.3) is 0 Å². The maximum atomic E-state index is 3.31. The Labute approximate surface area is 109 Å². The molecule has 1 aliphatic rings. The summed E-state index contributed by atoms with van der Waals surface area (Å²) in [6.45, 7) is 7.10. The van der Waals surface area contributed by atoms with E-state index in [1.54, 1.807) is 0 Å². The fourth-order valence-electron chi connectivity index (χ4n) is 2.67. The van der Waals surface area contributed by atoms with Crippen LogP contribution in [0.15, 0.2) is 12.1 Å². The zero-order chi connectivity index (χ0) is 12.1. The minimum Gasteiger partial charge on any atom is -0.319 e. The fraction of sp³-hybridized carbons (Fsp3) is 0.714. The predicted octanol–water partition coefficient (Wildman–Crippen LogP) is 2.74. The number of aryl methyl sites for hydroxylation is 1. The van der Waals surface area contributed by atoms with E-state index in [-0.39, 0.29) is 0 Å². The first kappa shape index (κ1) is 13.1. The second-order valence-corrected chi connectivity index (χ2v) is 6.28. The zero-order valence-corrected chi connectivity index (χ0v) is 11.9. The molecule has 2 rings (SSSR count). The van der Waals surface area contributed by atoms with Gasteiger partial charge >= 0.3 is 0 Å². The van der Waals surface area contributed by atoms with Gasteiger partial charge in [-0.1, -0.05) is 6.92 Å². The topological polar surface area (TPSA) is 15.3 Å². The normalized spacial score (nSPS) is 21.9. The van der Waals surface area contributed by atoms with Gasteiger partial charge in [-0.05, 0) is 57.5 Å². The summed E-state index contributed by atoms with van der Waals surface area (Å²) >= 11 is 1.98. The van der Waals surface area contributed by atoms with Gasteiger partial charge < -0.3 is 5.32 Å². The minimum absolute atomic E-state index is 0.847. The van der Waals surface area contributed by atoms with Crippen molar-refractivity contribution in [2.45, 2.75) is 32.7 Å². The van der Waals surface area contributed by atoms with E-state index in [0.29, 0.717) is 0 Å². The number of nitrogens with one attached hydrogen (secondary N) is 1. The highest BCUT2D eigenvalue weighted by atomic mass is 32.1. The molecule has 0 spiro atoms. The second-order valence-electron chi connectivity index (χ2n) is 5.02. The lowest BCUT2D eigenvalue weighted by atomic mass is 9.98. The molecule has 2 heterocycles. The molecule has 3 heteroatoms. The van der Waals surface area contributed by atoms with Gasteiger partial charge in [0.05, 0.1) is 0 Å². The number of likely N-dealkylation sites (tertiary alicyclic amines) is 1. The van der Waals surface area contributed by atoms with E-state index in [1.165, 1.54) is 48.7 Å². The average Bonchev–Trinajstić information content (AvgIpc) is 2.78. The van der Waals surface area contributed by atoms with Crippen LogP contribution in [-0.4, -0.2) is 31.6 Å². The zero-order valence-electron chi connectivity index (χ0n) is 11.0. The molecule has 1 aliphatic heterocycles. The molecule has 0 aromatic carbocycles. The Morgan fingerprint density at radius 1 is 1.41 bits per heavy atom. The maximum Gasteiger partial charge on any atom is 0.0328 e. The molecule has 0 aliphatic carbocycles. The van der Waals surface area contributed by atoms with E-state index < -0.39 is 0 Å². The molecular weight excluding hydrogens is 228 g/mol. The van der Waals surface area contributed by atoms with Crippen LogP contribution in [0.1, 0.15) is 29.5 Å². The Hall–Kier alpha value is -0.380. The summed E-state index contributed by atoms with van der Waals surface area (Å²) in [6.07, 6.45) is 3.92. The summed E-state index contributed by atoms with van der Waals surface area (Å²) in [4.78, 5) is 5.67. The van der Waals surface area contributed by atoms with Crippen LogP contribution >= 0.6 is 11.3 Å². The van der Waals surface area contributed by atoms with Crippen molar-refractivity contribution in [1.29, 1.82) is 0 Å². The van der Waals surface area contributed by atoms with Crippen molar-refractivity contribution < 1.29 is 0 Å². The first-order valence-electron chi connectivity index (χ1n) is 6.76. The number of thiophene rings is 1. The maximum absolute atomic E-state index is 3.31. The SMILES string of the molecule is CCc1ccc(CN2CCCC(CNC)C2)s1. The number of hydrogen-bond donors (Lipinski definition) is 1. The van der Waals surface area contributed by atoms with Crippen LogP contribution in [0.2, 0.25) is 0 Å². The molecule has 0 amide bonds. The van der Waals surface area contributed by atoms with E-state index in [0.717, 1.165) is 12.5 Å². The van der Waals surface area contributed by atoms with E-state index in [4.69, 9.17) is 0 Å². The largest absolute Gasteiger partial charge is 0.319 e. The lowest BCUT2D eigenvalue weighted by Crippen LogP contribution is -2.38. The van der Waals surface area contributed by atoms with Crippen LogP contribution in [0.5, 0.6) is 0 Å². The Bertz CT molecular complexity index is 333. The van der Waals surface area contributed by atoms with Gasteiger partial charge in [0.15, 0.2) is 0 Å². The standard InChI is InChI=1S/C14H24N2S/c1-3-13-6-7-14(17-13)11-16-8-4-5-12(10-16)9-15-2/h6-7,12,15H,3-5,8-11H2,1-2H3. The smallest absolute Gasteiger partial charge is 0.0328 e. The molecule has 2 nitrogen and oxygen atoms in total. The van der Waals surface area contributed by atoms with Crippen molar-refractivity contribution in [2.75, 3.05) is 26.7 Å². The molecule has 1 fully saturated rings. The Morgan fingerprint density at radius 2 is 2.24 bits per heavy atom. The minimum atomic E-state index is 0.847. The van der Waals surface area contributed by atoms with Crippen molar-refractivity contribution in [3.05, 3.63) is 21.9 Å². The van der Waals surface area contributed by atoms with E-state index in [1.807, 2.05) is 11.3 Å². The fourth-order valence-corrected chi connectivity index (χ4v) is 3.67. The molecule has 1 unspecified atom stereocenters. The lowest BCUT2D eigenvalue weighted by molar-refractivity contribution is 0.168. The van der Waals surface area contributed by atoms with Crippen molar-refractivity contribution in [3.63, 3.8) is 0 Å². The van der Waals surface area contributed by atoms with Crippen molar-refractivity contribution in [1.82, 2.24) is 10.2 Å². The molecule has 0 bridgehead atoms. The number of piperidine rings is 1. The summed E-state index contributed by atoms with van der Waals surface area (Å²) in [5, 5.41) is 3.31. The highest BCUT2D eigenvalue weighted by molar-refractivity contribution is 7.11. The molecule has 0 radical (unpaired) electrons. The molecule has 1 saturated heterocycles. The monoisotopic (exact) mass is 252 g/mol. The molecule has 1 aromatic rings. The van der Waals surface area contributed by atoms with Gasteiger partial charge in [-0.2, -0.15) is 0 Å². The second kappa shape index (κ2) is 6.53. The van der Waals surface area contributed by atoms with E-state index >= 15 is 0 Å². The Kier molecular flexibility index (Phi) is 5.01. The quantitative estimate of drug-likeness (QED) is 0.867. The summed E-state index contributed by atoms with van der Waals surface area (Å²) in [5.41, 5.74) is 0. The number of hydrogen-bond acceptors (Lipinski definition) is 3. The van der Waals surface area contributed by atoms with Crippen LogP contribution in [0.4, 0.5) is 0 Å². The third kappa shape index (κ3) is 3.80. The molecule has 96 valence electrons. The average molecular weight is 252 g/mol. The first-order valence-corrected chi connectivity index (χ1v) is 7.58. The van der Waals surface area contributed by atoms with Gasteiger partial charge in [0.1, 0.15) is 0 Å². The van der Waals surface area contributed by atoms with Crippen molar-refractivity contribution >= 4 is 11.3 Å².